The SMILES string of the molecule is CC1(C)OB(c2c(-c3ccc(F)c(F)c3)nn3c2CCC3)OC1(C)C. The van der Waals surface area contributed by atoms with Crippen molar-refractivity contribution in [2.75, 3.05) is 0 Å². The molecule has 7 heteroatoms. The van der Waals surface area contributed by atoms with Gasteiger partial charge in [0.25, 0.3) is 0 Å². The predicted molar refractivity (Wildman–Crippen MR) is 91.6 cm³/mol. The van der Waals surface area contributed by atoms with E-state index in [2.05, 4.69) is 5.10 Å². The van der Waals surface area contributed by atoms with E-state index in [1.54, 1.807) is 6.07 Å². The first-order valence-electron chi connectivity index (χ1n) is 8.60. The molecular weight excluding hydrogens is 325 g/mol. The summed E-state index contributed by atoms with van der Waals surface area (Å²) in [6.07, 6.45) is 1.88. The molecule has 132 valence electrons. The maximum atomic E-state index is 13.8. The van der Waals surface area contributed by atoms with Gasteiger partial charge in [-0.2, -0.15) is 5.10 Å². The Kier molecular flexibility index (Phi) is 3.60. The Balaban J connectivity index is 1.84. The van der Waals surface area contributed by atoms with E-state index in [1.165, 1.54) is 6.07 Å². The molecule has 1 aromatic heterocycles. The van der Waals surface area contributed by atoms with Crippen molar-refractivity contribution in [3.63, 3.8) is 0 Å². The number of aryl methyl sites for hydroxylation is 1. The largest absolute Gasteiger partial charge is 0.499 e. The lowest BCUT2D eigenvalue weighted by Crippen LogP contribution is -2.41. The van der Waals surface area contributed by atoms with E-state index in [0.29, 0.717) is 11.3 Å². The van der Waals surface area contributed by atoms with E-state index in [9.17, 15) is 8.78 Å². The maximum Gasteiger partial charge on any atom is 0.499 e. The average molecular weight is 346 g/mol. The number of fused-ring (bicyclic) bond motifs is 1. The van der Waals surface area contributed by atoms with Crippen LogP contribution in [0.3, 0.4) is 0 Å². The summed E-state index contributed by atoms with van der Waals surface area (Å²) in [7, 11) is -0.574. The van der Waals surface area contributed by atoms with Crippen molar-refractivity contribution in [3.05, 3.63) is 35.5 Å². The van der Waals surface area contributed by atoms with Gasteiger partial charge in [-0.05, 0) is 58.7 Å². The normalized spacial score (nSPS) is 21.0. The zero-order valence-corrected chi connectivity index (χ0v) is 14.9. The number of rotatable bonds is 2. The van der Waals surface area contributed by atoms with Crippen LogP contribution in [0, 0.1) is 11.6 Å². The van der Waals surface area contributed by atoms with Crippen LogP contribution in [-0.2, 0) is 22.3 Å². The van der Waals surface area contributed by atoms with Crippen LogP contribution in [-0.4, -0.2) is 28.1 Å². The summed E-state index contributed by atoms with van der Waals surface area (Å²) in [5, 5.41) is 4.64. The van der Waals surface area contributed by atoms with Crippen LogP contribution in [0.2, 0.25) is 0 Å². The van der Waals surface area contributed by atoms with Crippen molar-refractivity contribution < 1.29 is 18.1 Å². The first-order valence-corrected chi connectivity index (χ1v) is 8.60. The van der Waals surface area contributed by atoms with E-state index in [0.717, 1.165) is 36.6 Å². The van der Waals surface area contributed by atoms with E-state index in [-0.39, 0.29) is 0 Å². The molecule has 0 N–H and O–H groups in total. The Morgan fingerprint density at radius 2 is 1.76 bits per heavy atom. The Hall–Kier alpha value is -1.73. The van der Waals surface area contributed by atoms with Crippen molar-refractivity contribution in [1.29, 1.82) is 0 Å². The third-order valence-corrected chi connectivity index (χ3v) is 5.56. The first kappa shape index (κ1) is 16.7. The van der Waals surface area contributed by atoms with Gasteiger partial charge in [-0.3, -0.25) is 4.68 Å². The second kappa shape index (κ2) is 5.38. The summed E-state index contributed by atoms with van der Waals surface area (Å²) in [5.74, 6) is -1.75. The molecule has 1 saturated heterocycles. The summed E-state index contributed by atoms with van der Waals surface area (Å²) < 4.78 is 41.4. The molecule has 4 rings (SSSR count). The van der Waals surface area contributed by atoms with Crippen LogP contribution in [0.5, 0.6) is 0 Å². The quantitative estimate of drug-likeness (QED) is 0.785. The van der Waals surface area contributed by atoms with Crippen molar-refractivity contribution in [1.82, 2.24) is 9.78 Å². The minimum absolute atomic E-state index is 0.476. The van der Waals surface area contributed by atoms with E-state index in [4.69, 9.17) is 9.31 Å². The molecule has 0 saturated carbocycles. The lowest BCUT2D eigenvalue weighted by Gasteiger charge is -2.32. The van der Waals surface area contributed by atoms with Crippen LogP contribution in [0.1, 0.15) is 39.8 Å². The third kappa shape index (κ3) is 2.52. The van der Waals surface area contributed by atoms with Gasteiger partial charge in [-0.1, -0.05) is 0 Å². The van der Waals surface area contributed by atoms with Gasteiger partial charge in [0.15, 0.2) is 11.6 Å². The smallest absolute Gasteiger partial charge is 0.399 e. The van der Waals surface area contributed by atoms with Crippen LogP contribution in [0.25, 0.3) is 11.3 Å². The van der Waals surface area contributed by atoms with E-state index in [1.807, 2.05) is 32.4 Å². The highest BCUT2D eigenvalue weighted by atomic mass is 19.2. The number of benzene rings is 1. The molecule has 2 aliphatic heterocycles. The number of hydrogen-bond acceptors (Lipinski definition) is 3. The van der Waals surface area contributed by atoms with Crippen LogP contribution in [0.4, 0.5) is 8.78 Å². The Morgan fingerprint density at radius 3 is 2.40 bits per heavy atom. The summed E-state index contributed by atoms with van der Waals surface area (Å²) in [6, 6.07) is 3.86. The first-order chi connectivity index (χ1) is 11.7. The number of hydrogen-bond donors (Lipinski definition) is 0. The maximum absolute atomic E-state index is 13.8. The summed E-state index contributed by atoms with van der Waals surface area (Å²) in [4.78, 5) is 0. The molecule has 0 amide bonds. The zero-order chi connectivity index (χ0) is 18.0. The highest BCUT2D eigenvalue weighted by Crippen LogP contribution is 2.38. The van der Waals surface area contributed by atoms with Crippen LogP contribution in [0.15, 0.2) is 18.2 Å². The van der Waals surface area contributed by atoms with Gasteiger partial charge in [0.2, 0.25) is 0 Å². The Morgan fingerprint density at radius 1 is 1.08 bits per heavy atom. The van der Waals surface area contributed by atoms with Gasteiger partial charge >= 0.3 is 7.12 Å². The Labute approximate surface area is 146 Å². The fourth-order valence-electron chi connectivity index (χ4n) is 3.42. The van der Waals surface area contributed by atoms with E-state index >= 15 is 0 Å². The van der Waals surface area contributed by atoms with Gasteiger partial charge in [0.1, 0.15) is 0 Å². The second-order valence-electron chi connectivity index (χ2n) is 7.75. The lowest BCUT2D eigenvalue weighted by atomic mass is 9.75. The summed E-state index contributed by atoms with van der Waals surface area (Å²) in [6.45, 7) is 8.79. The second-order valence-corrected chi connectivity index (χ2v) is 7.75. The topological polar surface area (TPSA) is 36.3 Å². The molecule has 3 heterocycles. The van der Waals surface area contributed by atoms with E-state index < -0.39 is 30.0 Å². The number of halogens is 2. The minimum Gasteiger partial charge on any atom is -0.399 e. The average Bonchev–Trinajstić information content (AvgIpc) is 3.13. The van der Waals surface area contributed by atoms with Crippen LogP contribution >= 0.6 is 0 Å². The standard InChI is InChI=1S/C18H21BF2N2O2/c1-17(2)18(3,4)25-19(24-17)15-14-6-5-9-23(14)22-16(15)11-7-8-12(20)13(21)10-11/h7-8,10H,5-6,9H2,1-4H3. The van der Waals surface area contributed by atoms with Crippen molar-refractivity contribution in [2.24, 2.45) is 0 Å². The molecule has 0 spiro atoms. The van der Waals surface area contributed by atoms with Gasteiger partial charge in [0, 0.05) is 23.3 Å². The Bertz CT molecular complexity index is 832. The molecule has 25 heavy (non-hydrogen) atoms. The van der Waals surface area contributed by atoms with Crippen molar-refractivity contribution in [2.45, 2.75) is 58.3 Å². The summed E-state index contributed by atoms with van der Waals surface area (Å²) in [5.41, 5.74) is 2.07. The van der Waals surface area contributed by atoms with Gasteiger partial charge < -0.3 is 9.31 Å². The third-order valence-electron chi connectivity index (χ3n) is 5.56. The minimum atomic E-state index is -0.884. The number of nitrogens with zero attached hydrogens (tertiary/aromatic N) is 2. The van der Waals surface area contributed by atoms with Crippen LogP contribution < -0.4 is 5.46 Å². The van der Waals surface area contributed by atoms with Gasteiger partial charge in [0.05, 0.1) is 16.9 Å². The van der Waals surface area contributed by atoms with Crippen molar-refractivity contribution >= 4 is 12.6 Å². The van der Waals surface area contributed by atoms with Crippen molar-refractivity contribution in [3.8, 4) is 11.3 Å². The molecule has 0 unspecified atom stereocenters. The zero-order valence-electron chi connectivity index (χ0n) is 14.9. The highest BCUT2D eigenvalue weighted by molar-refractivity contribution is 6.64. The summed E-state index contributed by atoms with van der Waals surface area (Å²) >= 11 is 0. The molecule has 0 atom stereocenters. The molecule has 0 bridgehead atoms. The molecular formula is C18H21BF2N2O2. The molecule has 2 aromatic rings. The number of aromatic nitrogens is 2. The lowest BCUT2D eigenvalue weighted by molar-refractivity contribution is 0.00578. The fourth-order valence-corrected chi connectivity index (χ4v) is 3.42. The van der Waals surface area contributed by atoms with Gasteiger partial charge in [-0.15, -0.1) is 0 Å². The predicted octanol–water partition coefficient (Wildman–Crippen LogP) is 3.07. The fraction of sp³-hybridized carbons (Fsp3) is 0.500. The highest BCUT2D eigenvalue weighted by Gasteiger charge is 2.53. The molecule has 0 aliphatic carbocycles. The molecule has 1 aromatic carbocycles. The molecule has 1 fully saturated rings. The molecule has 4 nitrogen and oxygen atoms in total. The monoisotopic (exact) mass is 346 g/mol. The van der Waals surface area contributed by atoms with Gasteiger partial charge in [-0.25, -0.2) is 8.78 Å². The molecule has 2 aliphatic rings. The molecule has 0 radical (unpaired) electrons.